The molecule has 1 fully saturated rings. The monoisotopic (exact) mass is 807 g/mol. The van der Waals surface area contributed by atoms with E-state index < -0.39 is 48.0 Å². The molecular formula is C11H15F3I3NO5S4. The summed E-state index contributed by atoms with van der Waals surface area (Å²) in [6, 6.07) is -0.916. The molecule has 0 bridgehead atoms. The average molecular weight is 807 g/mol. The predicted molar refractivity (Wildman–Crippen MR) is 130 cm³/mol. The Morgan fingerprint density at radius 3 is 2.07 bits per heavy atom. The van der Waals surface area contributed by atoms with Gasteiger partial charge in [-0.2, -0.15) is 13.2 Å². The molecule has 1 N–H and O–H groups in total. The van der Waals surface area contributed by atoms with E-state index in [2.05, 4.69) is 0 Å². The zero-order valence-electron chi connectivity index (χ0n) is 13.6. The summed E-state index contributed by atoms with van der Waals surface area (Å²) in [6.07, 6.45) is -5.72. The molecule has 6 atom stereocenters. The Balaban J connectivity index is 3.17. The second-order valence-electron chi connectivity index (χ2n) is 5.06. The lowest BCUT2D eigenvalue weighted by Gasteiger charge is -2.46. The molecule has 0 radical (unpaired) electrons. The number of halogens is 6. The number of carbonyl (C=O) groups excluding carboxylic acids is 1. The van der Waals surface area contributed by atoms with Crippen LogP contribution in [-0.2, 0) is 22.1 Å². The Bertz CT molecular complexity index is 473. The van der Waals surface area contributed by atoms with Crippen LogP contribution in [0.25, 0.3) is 0 Å². The van der Waals surface area contributed by atoms with Gasteiger partial charge < -0.3 is 10.1 Å². The highest BCUT2D eigenvalue weighted by molar-refractivity contribution is 14.2. The van der Waals surface area contributed by atoms with Gasteiger partial charge in [0.1, 0.15) is 29.9 Å². The lowest BCUT2D eigenvalue weighted by Crippen LogP contribution is -2.63. The summed E-state index contributed by atoms with van der Waals surface area (Å²) in [5, 5.41) is 2.02. The topological polar surface area (TPSA) is 66.0 Å². The molecule has 6 nitrogen and oxygen atoms in total. The average Bonchev–Trinajstić information content (AvgIpc) is 2.62. The Hall–Kier alpha value is 2.69. The Labute approximate surface area is 208 Å². The first-order chi connectivity index (χ1) is 12.7. The minimum Gasteiger partial charge on any atom is -0.356 e. The molecule has 16 heteroatoms. The molecule has 0 saturated carbocycles. The molecule has 1 rings (SSSR count). The Morgan fingerprint density at radius 2 is 1.63 bits per heavy atom. The molecule has 160 valence electrons. The van der Waals surface area contributed by atoms with Crippen LogP contribution in [0.1, 0.15) is 13.3 Å². The summed E-state index contributed by atoms with van der Waals surface area (Å²) < 4.78 is 61.3. The summed E-state index contributed by atoms with van der Waals surface area (Å²) in [5.74, 6) is -2.01. The Kier molecular flexibility index (Phi) is 14.3. The van der Waals surface area contributed by atoms with Gasteiger partial charge in [-0.1, -0.05) is 6.92 Å². The van der Waals surface area contributed by atoms with Crippen LogP contribution in [0.4, 0.5) is 13.2 Å². The van der Waals surface area contributed by atoms with E-state index in [1.165, 1.54) is 11.8 Å². The van der Waals surface area contributed by atoms with Crippen LogP contribution >= 0.6 is 103 Å². The SMILES string of the molecule is CCC(NC(=O)C(F)(F)F)C1OC(SC)C(OSI)C(OSI)C1OSI. The van der Waals surface area contributed by atoms with Crippen LogP contribution in [0.5, 0.6) is 0 Å². The van der Waals surface area contributed by atoms with E-state index in [4.69, 9.17) is 17.3 Å². The van der Waals surface area contributed by atoms with Crippen molar-refractivity contribution >= 4 is 109 Å². The molecule has 0 spiro atoms. The van der Waals surface area contributed by atoms with Gasteiger partial charge in [-0.25, -0.2) is 0 Å². The van der Waals surface area contributed by atoms with Crippen LogP contribution in [-0.4, -0.2) is 54.2 Å². The van der Waals surface area contributed by atoms with Crippen LogP contribution in [0, 0.1) is 0 Å². The number of carbonyl (C=O) groups is 1. The first-order valence-corrected chi connectivity index (χ1v) is 18.3. The predicted octanol–water partition coefficient (Wildman–Crippen LogP) is 5.68. The standard InChI is InChI=1S/C11H15F3I3NO5S4/c1-3-4(18-10(19)11(12,13)14)5-6(21-25-15)7(22-26-16)8(23-27-17)9(20-5)24-2/h4-9H,3H2,1-2H3,(H,18,19). The molecule has 0 aromatic carbocycles. The van der Waals surface area contributed by atoms with Gasteiger partial charge in [-0.3, -0.25) is 17.3 Å². The zero-order valence-corrected chi connectivity index (χ0v) is 23.4. The number of hydrogen-bond donors (Lipinski definition) is 1. The van der Waals surface area contributed by atoms with Crippen molar-refractivity contribution in [3.05, 3.63) is 0 Å². The Morgan fingerprint density at radius 1 is 1.11 bits per heavy atom. The van der Waals surface area contributed by atoms with E-state index in [-0.39, 0.29) is 6.42 Å². The van der Waals surface area contributed by atoms with Crippen molar-refractivity contribution in [3.8, 4) is 0 Å². The number of ether oxygens (including phenoxy) is 1. The number of alkyl halides is 3. The quantitative estimate of drug-likeness (QED) is 0.222. The second-order valence-corrected chi connectivity index (χ2v) is 10.2. The van der Waals surface area contributed by atoms with Gasteiger partial charge in [-0.15, -0.1) is 11.8 Å². The minimum atomic E-state index is -4.98. The molecule has 0 aliphatic carbocycles. The van der Waals surface area contributed by atoms with Crippen molar-refractivity contribution in [2.45, 2.75) is 55.4 Å². The molecular weight excluding hydrogens is 792 g/mol. The van der Waals surface area contributed by atoms with Gasteiger partial charge in [-0.05, 0) is 12.7 Å². The largest absolute Gasteiger partial charge is 0.471 e. The van der Waals surface area contributed by atoms with Gasteiger partial charge in [0, 0.05) is 63.6 Å². The summed E-state index contributed by atoms with van der Waals surface area (Å²) in [7, 11) is 3.20. The van der Waals surface area contributed by atoms with Gasteiger partial charge in [0.15, 0.2) is 0 Å². The molecule has 0 aromatic rings. The van der Waals surface area contributed by atoms with Gasteiger partial charge in [0.25, 0.3) is 0 Å². The highest BCUT2D eigenvalue weighted by Gasteiger charge is 2.52. The lowest BCUT2D eigenvalue weighted by molar-refractivity contribution is -0.186. The van der Waals surface area contributed by atoms with Crippen LogP contribution < -0.4 is 5.32 Å². The molecule has 1 saturated heterocycles. The van der Waals surface area contributed by atoms with E-state index in [9.17, 15) is 18.0 Å². The van der Waals surface area contributed by atoms with Crippen LogP contribution in [0.3, 0.4) is 0 Å². The second kappa shape index (κ2) is 14.0. The summed E-state index contributed by atoms with van der Waals surface area (Å²) in [6.45, 7) is 1.67. The molecule has 1 heterocycles. The maximum Gasteiger partial charge on any atom is 0.471 e. The normalized spacial score (nSPS) is 30.1. The van der Waals surface area contributed by atoms with E-state index >= 15 is 0 Å². The number of rotatable bonds is 10. The van der Waals surface area contributed by atoms with E-state index in [0.29, 0.717) is 0 Å². The first kappa shape index (κ1) is 27.7. The van der Waals surface area contributed by atoms with Crippen molar-refractivity contribution in [2.75, 3.05) is 6.26 Å². The van der Waals surface area contributed by atoms with Crippen LogP contribution in [0.15, 0.2) is 0 Å². The molecule has 1 aliphatic heterocycles. The smallest absolute Gasteiger partial charge is 0.356 e. The van der Waals surface area contributed by atoms with Gasteiger partial charge >= 0.3 is 12.1 Å². The highest BCUT2D eigenvalue weighted by Crippen LogP contribution is 2.40. The summed E-state index contributed by atoms with van der Waals surface area (Å²) in [5.41, 5.74) is -0.512. The van der Waals surface area contributed by atoms with Crippen molar-refractivity contribution in [1.82, 2.24) is 5.32 Å². The van der Waals surface area contributed by atoms with E-state index in [1.54, 1.807) is 13.2 Å². The fourth-order valence-corrected chi connectivity index (χ4v) is 6.31. The maximum absolute atomic E-state index is 12.7. The van der Waals surface area contributed by atoms with Crippen molar-refractivity contribution < 1.29 is 35.3 Å². The number of amides is 1. The van der Waals surface area contributed by atoms with E-state index in [1.807, 2.05) is 68.9 Å². The van der Waals surface area contributed by atoms with Crippen molar-refractivity contribution in [1.29, 1.82) is 0 Å². The lowest BCUT2D eigenvalue weighted by atomic mass is 9.93. The fourth-order valence-electron chi connectivity index (χ4n) is 2.46. The van der Waals surface area contributed by atoms with E-state index in [0.717, 1.165) is 27.6 Å². The number of hydrogen-bond acceptors (Lipinski definition) is 9. The van der Waals surface area contributed by atoms with Crippen molar-refractivity contribution in [2.24, 2.45) is 0 Å². The molecule has 1 amide bonds. The molecule has 27 heavy (non-hydrogen) atoms. The third-order valence-electron chi connectivity index (χ3n) is 3.62. The highest BCUT2D eigenvalue weighted by atomic mass is 127. The zero-order chi connectivity index (χ0) is 20.6. The van der Waals surface area contributed by atoms with Crippen LogP contribution in [0.2, 0.25) is 0 Å². The van der Waals surface area contributed by atoms with Crippen molar-refractivity contribution in [3.63, 3.8) is 0 Å². The first-order valence-electron chi connectivity index (χ1n) is 7.13. The molecule has 1 aliphatic rings. The minimum absolute atomic E-state index is 0.218. The van der Waals surface area contributed by atoms with Gasteiger partial charge in [0.05, 0.1) is 33.7 Å². The summed E-state index contributed by atoms with van der Waals surface area (Å²) in [4.78, 5) is 11.5. The van der Waals surface area contributed by atoms with Gasteiger partial charge in [0.2, 0.25) is 0 Å². The third-order valence-corrected chi connectivity index (χ3v) is 7.21. The molecule has 6 unspecified atom stereocenters. The number of thioether (sulfide) groups is 1. The maximum atomic E-state index is 12.7. The third kappa shape index (κ3) is 8.28. The summed E-state index contributed by atoms with van der Waals surface area (Å²) >= 11 is 7.17. The number of nitrogens with one attached hydrogen (secondary N) is 1. The molecule has 0 aromatic heterocycles. The fraction of sp³-hybridized carbons (Fsp3) is 0.909.